The van der Waals surface area contributed by atoms with Gasteiger partial charge in [-0.15, -0.1) is 0 Å². The topological polar surface area (TPSA) is 47.4 Å². The average Bonchev–Trinajstić information content (AvgIpc) is 3.12. The fourth-order valence-corrected chi connectivity index (χ4v) is 2.75. The van der Waals surface area contributed by atoms with Gasteiger partial charge in [0.25, 0.3) is 5.91 Å². The first kappa shape index (κ1) is 16.0. The zero-order valence-electron chi connectivity index (χ0n) is 13.6. The van der Waals surface area contributed by atoms with E-state index < -0.39 is 0 Å². The van der Waals surface area contributed by atoms with Gasteiger partial charge in [0.05, 0.1) is 17.9 Å². The molecule has 0 aromatic carbocycles. The first-order valence-electron chi connectivity index (χ1n) is 7.97. The second-order valence-electron chi connectivity index (χ2n) is 6.02. The number of hydrogen-bond donors (Lipinski definition) is 0. The molecule has 118 valence electrons. The van der Waals surface area contributed by atoms with E-state index in [4.69, 9.17) is 4.74 Å². The molecule has 0 N–H and O–H groups in total. The molecule has 0 bridgehead atoms. The highest BCUT2D eigenvalue weighted by Gasteiger charge is 2.28. The van der Waals surface area contributed by atoms with Gasteiger partial charge in [0.1, 0.15) is 0 Å². The van der Waals surface area contributed by atoms with Gasteiger partial charge in [-0.3, -0.25) is 9.48 Å². The van der Waals surface area contributed by atoms with Crippen LogP contribution in [-0.4, -0.2) is 46.9 Å². The van der Waals surface area contributed by atoms with Gasteiger partial charge in [-0.2, -0.15) is 5.10 Å². The van der Waals surface area contributed by atoms with Gasteiger partial charge in [-0.05, 0) is 19.3 Å². The maximum Gasteiger partial charge on any atom is 0.257 e. The standard InChI is InChI=1S/C16H27N3O2/c1-5-12(3)9-19(6-2)16(20)14-10-18(4)17-15(14)13-7-8-21-11-13/h10,12-13H,5-9,11H2,1-4H3/t12-,13+/m0/s1. The van der Waals surface area contributed by atoms with Crippen LogP contribution in [0.2, 0.25) is 0 Å². The Morgan fingerprint density at radius 1 is 1.57 bits per heavy atom. The molecule has 0 saturated carbocycles. The zero-order chi connectivity index (χ0) is 15.4. The fraction of sp³-hybridized carbons (Fsp3) is 0.750. The Labute approximate surface area is 127 Å². The van der Waals surface area contributed by atoms with Crippen molar-refractivity contribution in [2.45, 2.75) is 39.5 Å². The van der Waals surface area contributed by atoms with Crippen LogP contribution in [0.5, 0.6) is 0 Å². The Kier molecular flexibility index (Phi) is 5.39. The molecule has 2 heterocycles. The number of ether oxygens (including phenoxy) is 1. The van der Waals surface area contributed by atoms with Gasteiger partial charge >= 0.3 is 0 Å². The van der Waals surface area contributed by atoms with Crippen molar-refractivity contribution in [2.75, 3.05) is 26.3 Å². The second-order valence-corrected chi connectivity index (χ2v) is 6.02. The summed E-state index contributed by atoms with van der Waals surface area (Å²) < 4.78 is 7.20. The lowest BCUT2D eigenvalue weighted by Gasteiger charge is -2.24. The van der Waals surface area contributed by atoms with E-state index in [1.807, 2.05) is 25.1 Å². The van der Waals surface area contributed by atoms with Crippen molar-refractivity contribution >= 4 is 5.91 Å². The second kappa shape index (κ2) is 7.07. The molecule has 2 atom stereocenters. The number of aromatic nitrogens is 2. The summed E-state index contributed by atoms with van der Waals surface area (Å²) in [6.07, 6.45) is 3.89. The van der Waals surface area contributed by atoms with Crippen LogP contribution in [0.3, 0.4) is 0 Å². The van der Waals surface area contributed by atoms with Crippen molar-refractivity contribution in [3.8, 4) is 0 Å². The van der Waals surface area contributed by atoms with Crippen LogP contribution < -0.4 is 0 Å². The van der Waals surface area contributed by atoms with Crippen LogP contribution >= 0.6 is 0 Å². The zero-order valence-corrected chi connectivity index (χ0v) is 13.6. The molecular weight excluding hydrogens is 266 g/mol. The lowest BCUT2D eigenvalue weighted by Crippen LogP contribution is -2.35. The smallest absolute Gasteiger partial charge is 0.257 e. The summed E-state index contributed by atoms with van der Waals surface area (Å²) in [6.45, 7) is 9.36. The van der Waals surface area contributed by atoms with E-state index in [0.29, 0.717) is 12.5 Å². The van der Waals surface area contributed by atoms with E-state index >= 15 is 0 Å². The SMILES string of the molecule is CC[C@H](C)CN(CC)C(=O)c1cn(C)nc1[C@@H]1CCOC1. The summed E-state index contributed by atoms with van der Waals surface area (Å²) >= 11 is 0. The van der Waals surface area contributed by atoms with E-state index in [9.17, 15) is 4.79 Å². The number of hydrogen-bond acceptors (Lipinski definition) is 3. The van der Waals surface area contributed by atoms with Crippen LogP contribution in [0.1, 0.15) is 55.6 Å². The Hall–Kier alpha value is -1.36. The Balaban J connectivity index is 2.20. The highest BCUT2D eigenvalue weighted by molar-refractivity contribution is 5.95. The minimum absolute atomic E-state index is 0.104. The number of carbonyl (C=O) groups is 1. The number of carbonyl (C=O) groups excluding carboxylic acids is 1. The molecule has 0 unspecified atom stereocenters. The van der Waals surface area contributed by atoms with Crippen molar-refractivity contribution in [1.82, 2.24) is 14.7 Å². The van der Waals surface area contributed by atoms with Gasteiger partial charge in [0.15, 0.2) is 0 Å². The van der Waals surface area contributed by atoms with Crippen molar-refractivity contribution in [3.05, 3.63) is 17.5 Å². The monoisotopic (exact) mass is 293 g/mol. The predicted octanol–water partition coefficient (Wildman–Crippen LogP) is 2.43. The molecule has 1 fully saturated rings. The van der Waals surface area contributed by atoms with E-state index in [2.05, 4.69) is 18.9 Å². The third kappa shape index (κ3) is 3.64. The van der Waals surface area contributed by atoms with E-state index in [1.54, 1.807) is 4.68 Å². The predicted molar refractivity (Wildman–Crippen MR) is 82.4 cm³/mol. The van der Waals surface area contributed by atoms with Crippen LogP contribution in [0, 0.1) is 5.92 Å². The van der Waals surface area contributed by atoms with E-state index in [1.165, 1.54) is 0 Å². The number of aryl methyl sites for hydroxylation is 1. The maximum absolute atomic E-state index is 12.8. The van der Waals surface area contributed by atoms with Crippen LogP contribution in [-0.2, 0) is 11.8 Å². The molecule has 5 heteroatoms. The van der Waals surface area contributed by atoms with Crippen molar-refractivity contribution < 1.29 is 9.53 Å². The molecule has 0 aliphatic carbocycles. The molecule has 1 aliphatic rings. The van der Waals surface area contributed by atoms with Gasteiger partial charge in [0, 0.05) is 38.9 Å². The Morgan fingerprint density at radius 2 is 2.33 bits per heavy atom. The van der Waals surface area contributed by atoms with Crippen molar-refractivity contribution in [1.29, 1.82) is 0 Å². The first-order valence-corrected chi connectivity index (χ1v) is 7.97. The quantitative estimate of drug-likeness (QED) is 0.809. The highest BCUT2D eigenvalue weighted by atomic mass is 16.5. The minimum Gasteiger partial charge on any atom is -0.381 e. The minimum atomic E-state index is 0.104. The van der Waals surface area contributed by atoms with E-state index in [0.717, 1.165) is 43.8 Å². The molecule has 1 amide bonds. The number of amides is 1. The van der Waals surface area contributed by atoms with Gasteiger partial charge < -0.3 is 9.64 Å². The van der Waals surface area contributed by atoms with Crippen LogP contribution in [0.25, 0.3) is 0 Å². The van der Waals surface area contributed by atoms with Crippen LogP contribution in [0.15, 0.2) is 6.20 Å². The molecule has 1 saturated heterocycles. The summed E-state index contributed by atoms with van der Waals surface area (Å²) in [5.74, 6) is 0.879. The number of nitrogens with zero attached hydrogens (tertiary/aromatic N) is 3. The van der Waals surface area contributed by atoms with E-state index in [-0.39, 0.29) is 11.8 Å². The molecule has 1 aliphatic heterocycles. The molecule has 1 aromatic rings. The molecule has 5 nitrogen and oxygen atoms in total. The normalized spacial score (nSPS) is 19.7. The van der Waals surface area contributed by atoms with Crippen molar-refractivity contribution in [2.24, 2.45) is 13.0 Å². The molecule has 1 aromatic heterocycles. The average molecular weight is 293 g/mol. The summed E-state index contributed by atoms with van der Waals surface area (Å²) in [5.41, 5.74) is 1.65. The molecular formula is C16H27N3O2. The fourth-order valence-electron chi connectivity index (χ4n) is 2.75. The highest BCUT2D eigenvalue weighted by Crippen LogP contribution is 2.27. The van der Waals surface area contributed by atoms with Gasteiger partial charge in [0.2, 0.25) is 0 Å². The van der Waals surface area contributed by atoms with Gasteiger partial charge in [-0.25, -0.2) is 0 Å². The third-order valence-electron chi connectivity index (χ3n) is 4.30. The van der Waals surface area contributed by atoms with Gasteiger partial charge in [-0.1, -0.05) is 20.3 Å². The molecule has 21 heavy (non-hydrogen) atoms. The largest absolute Gasteiger partial charge is 0.381 e. The molecule has 0 radical (unpaired) electrons. The first-order chi connectivity index (χ1) is 10.1. The lowest BCUT2D eigenvalue weighted by molar-refractivity contribution is 0.0739. The summed E-state index contributed by atoms with van der Waals surface area (Å²) in [7, 11) is 1.88. The lowest BCUT2D eigenvalue weighted by atomic mass is 10.00. The Bertz CT molecular complexity index is 478. The summed E-state index contributed by atoms with van der Waals surface area (Å²) in [4.78, 5) is 14.8. The third-order valence-corrected chi connectivity index (χ3v) is 4.30. The van der Waals surface area contributed by atoms with Crippen LogP contribution in [0.4, 0.5) is 0 Å². The van der Waals surface area contributed by atoms with Crippen molar-refractivity contribution in [3.63, 3.8) is 0 Å². The Morgan fingerprint density at radius 3 is 2.90 bits per heavy atom. The summed E-state index contributed by atoms with van der Waals surface area (Å²) in [5, 5.41) is 4.52. The number of rotatable bonds is 6. The molecule has 0 spiro atoms. The maximum atomic E-state index is 12.8. The summed E-state index contributed by atoms with van der Waals surface area (Å²) in [6, 6.07) is 0. The molecule has 2 rings (SSSR count).